The lowest BCUT2D eigenvalue weighted by Gasteiger charge is -2.15. The summed E-state index contributed by atoms with van der Waals surface area (Å²) < 4.78 is 16.9. The van der Waals surface area contributed by atoms with E-state index in [1.165, 1.54) is 0 Å². The normalized spacial score (nSPS) is 9.71. The molecule has 8 heteroatoms. The van der Waals surface area contributed by atoms with Gasteiger partial charge >= 0.3 is 0 Å². The number of carbonyl (C=O) groups is 1. The van der Waals surface area contributed by atoms with Crippen molar-refractivity contribution in [2.24, 2.45) is 5.84 Å². The molecule has 0 atom stereocenters. The Labute approximate surface area is 182 Å². The summed E-state index contributed by atoms with van der Waals surface area (Å²) in [7, 11) is 5.21. The van der Waals surface area contributed by atoms with E-state index in [4.69, 9.17) is 19.0 Å². The molecule has 4 N–H and O–H groups in total. The Morgan fingerprint density at radius 3 is 2.26 bits per heavy atom. The minimum atomic E-state index is 0.362. The van der Waals surface area contributed by atoms with E-state index < -0.39 is 0 Å². The minimum absolute atomic E-state index is 0.362. The van der Waals surface area contributed by atoms with Crippen LogP contribution < -0.4 is 30.8 Å². The van der Waals surface area contributed by atoms with Crippen LogP contribution in [0, 0.1) is 6.92 Å². The highest BCUT2D eigenvalue weighted by atomic mass is 16.5. The molecule has 0 aliphatic rings. The number of nitrogens with zero attached hydrogens (tertiary/aromatic N) is 1. The zero-order chi connectivity index (χ0) is 22.6. The van der Waals surface area contributed by atoms with Crippen LogP contribution in [0.1, 0.15) is 11.3 Å². The van der Waals surface area contributed by atoms with Crippen LogP contribution in [0.2, 0.25) is 0 Å². The van der Waals surface area contributed by atoms with Crippen LogP contribution in [0.3, 0.4) is 0 Å². The monoisotopic (exact) mass is 424 g/mol. The van der Waals surface area contributed by atoms with Gasteiger partial charge in [0.15, 0.2) is 0 Å². The number of methoxy groups -OCH3 is 2. The highest BCUT2D eigenvalue weighted by Gasteiger charge is 2.12. The van der Waals surface area contributed by atoms with Crippen molar-refractivity contribution in [1.82, 2.24) is 10.4 Å². The quantitative estimate of drug-likeness (QED) is 0.220. The molecule has 31 heavy (non-hydrogen) atoms. The van der Waals surface area contributed by atoms with Crippen molar-refractivity contribution >= 4 is 12.1 Å². The van der Waals surface area contributed by atoms with Gasteiger partial charge in [0.25, 0.3) is 0 Å². The zero-order valence-electron chi connectivity index (χ0n) is 18.1. The van der Waals surface area contributed by atoms with Crippen LogP contribution >= 0.6 is 0 Å². The third-order valence-corrected chi connectivity index (χ3v) is 4.51. The Morgan fingerprint density at radius 1 is 0.968 bits per heavy atom. The predicted octanol–water partition coefficient (Wildman–Crippen LogP) is 3.30. The molecule has 1 amide bonds. The van der Waals surface area contributed by atoms with Crippen molar-refractivity contribution < 1.29 is 19.0 Å². The maximum atomic E-state index is 8.94. The molecular formula is C23H28N4O4. The van der Waals surface area contributed by atoms with E-state index in [-0.39, 0.29) is 0 Å². The van der Waals surface area contributed by atoms with Crippen LogP contribution in [0.5, 0.6) is 17.4 Å². The Hall–Kier alpha value is -3.78. The predicted molar refractivity (Wildman–Crippen MR) is 121 cm³/mol. The molecule has 0 saturated carbocycles. The lowest BCUT2D eigenvalue weighted by atomic mass is 10.0. The Morgan fingerprint density at radius 2 is 1.65 bits per heavy atom. The van der Waals surface area contributed by atoms with Crippen LogP contribution in [0.4, 0.5) is 5.69 Å². The Bertz CT molecular complexity index is 973. The summed E-state index contributed by atoms with van der Waals surface area (Å²) in [6.45, 7) is 2.33. The standard InChI is InChI=1S/C22H24N2O3.CH4N2O/c1-15-16(17-8-5-6-10-20(17)25-3)12-13-22(24-15)27-14-18-19(23-2)9-7-11-21(18)26-4;2-3-1-4/h5-13,23H,14H2,1-4H3;1H,2H2,(H,3,4). The third kappa shape index (κ3) is 6.10. The Kier molecular flexibility index (Phi) is 9.13. The number of para-hydroxylation sites is 1. The molecule has 3 aromatic rings. The van der Waals surface area contributed by atoms with E-state index in [0.29, 0.717) is 18.9 Å². The lowest BCUT2D eigenvalue weighted by molar-refractivity contribution is -0.109. The number of aromatic nitrogens is 1. The van der Waals surface area contributed by atoms with E-state index in [0.717, 1.165) is 39.6 Å². The van der Waals surface area contributed by atoms with Gasteiger partial charge in [-0.15, -0.1) is 0 Å². The van der Waals surface area contributed by atoms with Crippen LogP contribution in [0.15, 0.2) is 54.6 Å². The molecule has 0 fully saturated rings. The number of anilines is 1. The van der Waals surface area contributed by atoms with Crippen molar-refractivity contribution in [2.75, 3.05) is 26.6 Å². The summed E-state index contributed by atoms with van der Waals surface area (Å²) >= 11 is 0. The number of amides is 1. The van der Waals surface area contributed by atoms with Gasteiger partial charge in [-0.25, -0.2) is 10.8 Å². The van der Waals surface area contributed by atoms with Crippen molar-refractivity contribution in [3.63, 3.8) is 0 Å². The molecule has 2 aromatic carbocycles. The van der Waals surface area contributed by atoms with Crippen LogP contribution in [0.25, 0.3) is 11.1 Å². The van der Waals surface area contributed by atoms with Crippen molar-refractivity contribution in [3.05, 3.63) is 65.9 Å². The van der Waals surface area contributed by atoms with Gasteiger partial charge in [-0.1, -0.05) is 24.3 Å². The maximum absolute atomic E-state index is 8.94. The molecule has 0 aliphatic heterocycles. The number of benzene rings is 2. The number of hydrogen-bond acceptors (Lipinski definition) is 7. The van der Waals surface area contributed by atoms with Crippen molar-refractivity contribution in [3.8, 4) is 28.5 Å². The molecule has 0 spiro atoms. The fourth-order valence-electron chi connectivity index (χ4n) is 3.06. The van der Waals surface area contributed by atoms with E-state index in [2.05, 4.69) is 16.1 Å². The third-order valence-electron chi connectivity index (χ3n) is 4.51. The fourth-order valence-corrected chi connectivity index (χ4v) is 3.06. The summed E-state index contributed by atoms with van der Waals surface area (Å²) in [5.74, 6) is 6.58. The second-order valence-corrected chi connectivity index (χ2v) is 6.29. The largest absolute Gasteiger partial charge is 0.496 e. The molecule has 1 heterocycles. The van der Waals surface area contributed by atoms with E-state index >= 15 is 0 Å². The average molecular weight is 425 g/mol. The summed E-state index contributed by atoms with van der Waals surface area (Å²) in [6.07, 6.45) is 0.403. The number of hydrogen-bond donors (Lipinski definition) is 3. The van der Waals surface area contributed by atoms with E-state index in [1.54, 1.807) is 19.6 Å². The first-order chi connectivity index (χ1) is 15.1. The number of carbonyl (C=O) groups excluding carboxylic acids is 1. The minimum Gasteiger partial charge on any atom is -0.496 e. The van der Waals surface area contributed by atoms with Crippen LogP contribution in [-0.4, -0.2) is 32.7 Å². The molecule has 3 rings (SSSR count). The highest BCUT2D eigenvalue weighted by molar-refractivity contribution is 5.72. The van der Waals surface area contributed by atoms with Gasteiger partial charge in [0.1, 0.15) is 18.1 Å². The van der Waals surface area contributed by atoms with Gasteiger partial charge in [-0.3, -0.25) is 10.2 Å². The van der Waals surface area contributed by atoms with Crippen LogP contribution in [-0.2, 0) is 11.4 Å². The van der Waals surface area contributed by atoms with Gasteiger partial charge in [0.05, 0.1) is 19.8 Å². The van der Waals surface area contributed by atoms with Crippen molar-refractivity contribution in [2.45, 2.75) is 13.5 Å². The first-order valence-corrected chi connectivity index (χ1v) is 9.56. The molecule has 8 nitrogen and oxygen atoms in total. The number of rotatable bonds is 8. The van der Waals surface area contributed by atoms with E-state index in [1.807, 2.05) is 68.6 Å². The van der Waals surface area contributed by atoms with Gasteiger partial charge in [0.2, 0.25) is 12.3 Å². The van der Waals surface area contributed by atoms with Gasteiger partial charge in [0, 0.05) is 35.6 Å². The number of pyridine rings is 1. The molecule has 0 saturated heterocycles. The molecule has 0 bridgehead atoms. The van der Waals surface area contributed by atoms with Gasteiger partial charge in [-0.2, -0.15) is 0 Å². The number of nitrogens with one attached hydrogen (secondary N) is 2. The molecular weight excluding hydrogens is 396 g/mol. The summed E-state index contributed by atoms with van der Waals surface area (Å²) in [4.78, 5) is 13.5. The second-order valence-electron chi connectivity index (χ2n) is 6.29. The number of nitrogens with two attached hydrogens (primary N) is 1. The number of ether oxygens (including phenoxy) is 3. The Balaban J connectivity index is 0.000000785. The fraction of sp³-hybridized carbons (Fsp3) is 0.217. The summed E-state index contributed by atoms with van der Waals surface area (Å²) in [5.41, 5.74) is 6.59. The maximum Gasteiger partial charge on any atom is 0.221 e. The average Bonchev–Trinajstić information content (AvgIpc) is 2.82. The van der Waals surface area contributed by atoms with Gasteiger partial charge in [-0.05, 0) is 31.2 Å². The molecule has 0 unspecified atom stereocenters. The smallest absolute Gasteiger partial charge is 0.221 e. The zero-order valence-corrected chi connectivity index (χ0v) is 18.1. The first kappa shape index (κ1) is 23.5. The SMILES string of the molecule is CNc1cccc(OC)c1COc1ccc(-c2ccccc2OC)c(C)n1.NNC=O. The molecule has 1 aromatic heterocycles. The topological polar surface area (TPSA) is 108 Å². The first-order valence-electron chi connectivity index (χ1n) is 9.56. The highest BCUT2D eigenvalue weighted by Crippen LogP contribution is 2.33. The molecule has 0 aliphatic carbocycles. The molecule has 0 radical (unpaired) electrons. The number of aryl methyl sites for hydroxylation is 1. The molecule has 164 valence electrons. The summed E-state index contributed by atoms with van der Waals surface area (Å²) in [5, 5.41) is 3.17. The van der Waals surface area contributed by atoms with Crippen molar-refractivity contribution in [1.29, 1.82) is 0 Å². The second kappa shape index (κ2) is 12.0. The van der Waals surface area contributed by atoms with E-state index in [9.17, 15) is 0 Å². The number of hydrazine groups is 1. The van der Waals surface area contributed by atoms with Gasteiger partial charge < -0.3 is 19.5 Å². The lowest BCUT2D eigenvalue weighted by Crippen LogP contribution is -2.18. The summed E-state index contributed by atoms with van der Waals surface area (Å²) in [6, 6.07) is 17.7.